The Morgan fingerprint density at radius 3 is 2.14 bits per heavy atom. The zero-order chi connectivity index (χ0) is 20.1. The third-order valence-corrected chi connectivity index (χ3v) is 5.41. The number of hydrogen-bond acceptors (Lipinski definition) is 3. The lowest BCUT2D eigenvalue weighted by Crippen LogP contribution is -2.41. The lowest BCUT2D eigenvalue weighted by atomic mass is 9.88. The molecule has 1 heterocycles. The Morgan fingerprint density at radius 2 is 1.52 bits per heavy atom. The van der Waals surface area contributed by atoms with Gasteiger partial charge in [-0.2, -0.15) is 5.26 Å². The van der Waals surface area contributed by atoms with Crippen molar-refractivity contribution in [2.24, 2.45) is 0 Å². The number of nitrogens with zero attached hydrogens (tertiary/aromatic N) is 2. The Labute approximate surface area is 171 Å². The molecule has 4 heteroatoms. The summed E-state index contributed by atoms with van der Waals surface area (Å²) < 4.78 is 5.86. The molecule has 4 nitrogen and oxygen atoms in total. The summed E-state index contributed by atoms with van der Waals surface area (Å²) >= 11 is 0. The van der Waals surface area contributed by atoms with Gasteiger partial charge in [0.2, 0.25) is 5.91 Å². The van der Waals surface area contributed by atoms with Crippen molar-refractivity contribution >= 4 is 5.91 Å². The van der Waals surface area contributed by atoms with Gasteiger partial charge in [0.15, 0.2) is 5.54 Å². The van der Waals surface area contributed by atoms with Crippen LogP contribution in [-0.4, -0.2) is 10.8 Å². The predicted octanol–water partition coefficient (Wildman–Crippen LogP) is 4.81. The summed E-state index contributed by atoms with van der Waals surface area (Å²) in [4.78, 5) is 14.3. The second-order valence-corrected chi connectivity index (χ2v) is 7.24. The highest BCUT2D eigenvalue weighted by Crippen LogP contribution is 2.40. The van der Waals surface area contributed by atoms with E-state index in [-0.39, 0.29) is 5.91 Å². The van der Waals surface area contributed by atoms with Crippen LogP contribution in [0, 0.1) is 11.3 Å². The number of likely N-dealkylation sites (tertiary alicyclic amines) is 1. The van der Waals surface area contributed by atoms with Gasteiger partial charge in [-0.25, -0.2) is 0 Å². The van der Waals surface area contributed by atoms with E-state index in [1.54, 1.807) is 4.90 Å². The van der Waals surface area contributed by atoms with Crippen molar-refractivity contribution in [3.63, 3.8) is 0 Å². The quantitative estimate of drug-likeness (QED) is 0.615. The Balaban J connectivity index is 1.54. The third-order valence-electron chi connectivity index (χ3n) is 5.41. The number of carbonyl (C=O) groups excluding carboxylic acids is 1. The van der Waals surface area contributed by atoms with Gasteiger partial charge in [0, 0.05) is 13.0 Å². The van der Waals surface area contributed by atoms with Crippen molar-refractivity contribution in [1.29, 1.82) is 5.26 Å². The van der Waals surface area contributed by atoms with Crippen molar-refractivity contribution < 1.29 is 9.53 Å². The minimum atomic E-state index is -0.940. The van der Waals surface area contributed by atoms with Gasteiger partial charge in [0.1, 0.15) is 12.4 Å². The molecule has 1 atom stereocenters. The van der Waals surface area contributed by atoms with Crippen LogP contribution >= 0.6 is 0 Å². The van der Waals surface area contributed by atoms with E-state index >= 15 is 0 Å². The van der Waals surface area contributed by atoms with Crippen LogP contribution in [0.15, 0.2) is 84.9 Å². The molecule has 1 fully saturated rings. The number of benzene rings is 3. The molecular weight excluding hydrogens is 360 g/mol. The molecule has 3 aromatic rings. The van der Waals surface area contributed by atoms with E-state index < -0.39 is 5.54 Å². The maximum atomic E-state index is 12.6. The number of nitriles is 1. The van der Waals surface area contributed by atoms with Crippen LogP contribution in [0.4, 0.5) is 0 Å². The van der Waals surface area contributed by atoms with Crippen LogP contribution < -0.4 is 4.74 Å². The van der Waals surface area contributed by atoms with Crippen LogP contribution in [0.5, 0.6) is 5.75 Å². The highest BCUT2D eigenvalue weighted by atomic mass is 16.5. The van der Waals surface area contributed by atoms with E-state index in [1.807, 2.05) is 84.9 Å². The SMILES string of the molecule is N#C[C@]1(c2ccc(OCc3ccccc3)cc2)CCC(=O)N1Cc1ccccc1. The zero-order valence-corrected chi connectivity index (χ0v) is 16.1. The van der Waals surface area contributed by atoms with E-state index in [0.717, 1.165) is 22.4 Å². The minimum Gasteiger partial charge on any atom is -0.489 e. The summed E-state index contributed by atoms with van der Waals surface area (Å²) in [6, 6.07) is 29.8. The van der Waals surface area contributed by atoms with Crippen molar-refractivity contribution in [1.82, 2.24) is 4.90 Å². The fourth-order valence-electron chi connectivity index (χ4n) is 3.81. The summed E-state index contributed by atoms with van der Waals surface area (Å²) in [6.45, 7) is 0.918. The Bertz CT molecular complexity index is 1010. The molecule has 1 saturated heterocycles. The fourth-order valence-corrected chi connectivity index (χ4v) is 3.81. The molecule has 0 radical (unpaired) electrons. The summed E-state index contributed by atoms with van der Waals surface area (Å²) in [5.41, 5.74) is 2.00. The molecule has 3 aromatic carbocycles. The number of hydrogen-bond donors (Lipinski definition) is 0. The first-order valence-electron chi connectivity index (χ1n) is 9.74. The topological polar surface area (TPSA) is 53.3 Å². The normalized spacial score (nSPS) is 18.4. The van der Waals surface area contributed by atoms with Gasteiger partial charge >= 0.3 is 0 Å². The molecule has 0 saturated carbocycles. The van der Waals surface area contributed by atoms with Crippen molar-refractivity contribution in [2.75, 3.05) is 0 Å². The number of amides is 1. The van der Waals surface area contributed by atoms with Gasteiger partial charge in [-0.15, -0.1) is 0 Å². The van der Waals surface area contributed by atoms with E-state index in [2.05, 4.69) is 6.07 Å². The zero-order valence-electron chi connectivity index (χ0n) is 16.1. The molecular formula is C25H22N2O2. The first-order chi connectivity index (χ1) is 14.2. The molecule has 0 unspecified atom stereocenters. The van der Waals surface area contributed by atoms with Gasteiger partial charge in [0.05, 0.1) is 6.07 Å². The average molecular weight is 382 g/mol. The van der Waals surface area contributed by atoms with Crippen LogP contribution in [0.3, 0.4) is 0 Å². The van der Waals surface area contributed by atoms with Gasteiger partial charge in [-0.3, -0.25) is 4.79 Å². The first-order valence-corrected chi connectivity index (χ1v) is 9.74. The van der Waals surface area contributed by atoms with Crippen LogP contribution in [0.25, 0.3) is 0 Å². The monoisotopic (exact) mass is 382 g/mol. The molecule has 0 bridgehead atoms. The van der Waals surface area contributed by atoms with Crippen LogP contribution in [0.1, 0.15) is 29.5 Å². The molecule has 0 aromatic heterocycles. The molecule has 144 valence electrons. The lowest BCUT2D eigenvalue weighted by molar-refractivity contribution is -0.131. The number of rotatable bonds is 6. The van der Waals surface area contributed by atoms with Crippen LogP contribution in [-0.2, 0) is 23.5 Å². The molecule has 0 aliphatic carbocycles. The van der Waals surface area contributed by atoms with Crippen LogP contribution in [0.2, 0.25) is 0 Å². The summed E-state index contributed by atoms with van der Waals surface area (Å²) in [6.07, 6.45) is 0.881. The van der Waals surface area contributed by atoms with Gasteiger partial charge in [0.25, 0.3) is 0 Å². The van der Waals surface area contributed by atoms with Gasteiger partial charge in [-0.1, -0.05) is 72.8 Å². The highest BCUT2D eigenvalue weighted by Gasteiger charge is 2.47. The smallest absolute Gasteiger partial charge is 0.224 e. The number of carbonyl (C=O) groups is 1. The van der Waals surface area contributed by atoms with E-state index in [4.69, 9.17) is 4.74 Å². The predicted molar refractivity (Wildman–Crippen MR) is 111 cm³/mol. The molecule has 1 amide bonds. The van der Waals surface area contributed by atoms with Gasteiger partial charge in [-0.05, 0) is 35.2 Å². The summed E-state index contributed by atoms with van der Waals surface area (Å²) in [5.74, 6) is 0.754. The molecule has 1 aliphatic rings. The average Bonchev–Trinajstić information content (AvgIpc) is 3.10. The molecule has 1 aliphatic heterocycles. The van der Waals surface area contributed by atoms with E-state index in [9.17, 15) is 10.1 Å². The molecule has 29 heavy (non-hydrogen) atoms. The minimum absolute atomic E-state index is 0.0137. The highest BCUT2D eigenvalue weighted by molar-refractivity contribution is 5.81. The van der Waals surface area contributed by atoms with Crippen molar-refractivity contribution in [3.05, 3.63) is 102 Å². The fraction of sp³-hybridized carbons (Fsp3) is 0.200. The standard InChI is InChI=1S/C25H22N2O2/c26-19-25(16-15-24(28)27(25)17-20-7-3-1-4-8-20)22-11-13-23(14-12-22)29-18-21-9-5-2-6-10-21/h1-14H,15-18H2/t25-/m0/s1. The third kappa shape index (κ3) is 3.86. The first kappa shape index (κ1) is 18.8. The molecule has 0 spiro atoms. The largest absolute Gasteiger partial charge is 0.489 e. The van der Waals surface area contributed by atoms with Crippen molar-refractivity contribution in [3.8, 4) is 11.8 Å². The Morgan fingerprint density at radius 1 is 0.897 bits per heavy atom. The maximum Gasteiger partial charge on any atom is 0.224 e. The summed E-state index contributed by atoms with van der Waals surface area (Å²) in [5, 5.41) is 10.1. The maximum absolute atomic E-state index is 12.6. The Kier molecular flexibility index (Phi) is 5.31. The second-order valence-electron chi connectivity index (χ2n) is 7.24. The molecule has 4 rings (SSSR count). The summed E-state index contributed by atoms with van der Waals surface area (Å²) in [7, 11) is 0. The Hall–Kier alpha value is -3.58. The van der Waals surface area contributed by atoms with Crippen molar-refractivity contribution in [2.45, 2.75) is 31.5 Å². The van der Waals surface area contributed by atoms with Gasteiger partial charge < -0.3 is 9.64 Å². The molecule has 0 N–H and O–H groups in total. The second kappa shape index (κ2) is 8.20. The lowest BCUT2D eigenvalue weighted by Gasteiger charge is -2.33. The number of ether oxygens (including phenoxy) is 1. The van der Waals surface area contributed by atoms with E-state index in [1.165, 1.54) is 0 Å². The van der Waals surface area contributed by atoms with E-state index in [0.29, 0.717) is 26.0 Å².